The number of aromatic nitrogens is 4. The van der Waals surface area contributed by atoms with Crippen molar-refractivity contribution in [2.45, 2.75) is 51.2 Å². The molecule has 2 aromatic heterocycles. The molecule has 3 heterocycles. The fourth-order valence-corrected chi connectivity index (χ4v) is 6.43. The molecule has 5 aromatic rings. The molecule has 1 aliphatic heterocycles. The Morgan fingerprint density at radius 3 is 2.44 bits per heavy atom. The second-order valence-corrected chi connectivity index (χ2v) is 13.5. The van der Waals surface area contributed by atoms with Crippen LogP contribution in [0.15, 0.2) is 73.1 Å². The van der Waals surface area contributed by atoms with E-state index in [9.17, 15) is 5.26 Å². The third-order valence-electron chi connectivity index (χ3n) is 8.31. The third kappa shape index (κ3) is 6.58. The zero-order valence-corrected chi connectivity index (χ0v) is 27.5. The van der Waals surface area contributed by atoms with Crippen molar-refractivity contribution in [3.63, 3.8) is 0 Å². The molecule has 3 aromatic carbocycles. The minimum Gasteiger partial charge on any atom is -0.371 e. The van der Waals surface area contributed by atoms with E-state index >= 15 is 0 Å². The van der Waals surface area contributed by atoms with Crippen LogP contribution in [0.3, 0.4) is 0 Å². The van der Waals surface area contributed by atoms with Gasteiger partial charge in [0.05, 0.1) is 56.5 Å². The van der Waals surface area contributed by atoms with Crippen molar-refractivity contribution in [2.24, 2.45) is 0 Å². The van der Waals surface area contributed by atoms with Crippen LogP contribution in [0.1, 0.15) is 62.5 Å². The van der Waals surface area contributed by atoms with E-state index in [1.807, 2.05) is 35.1 Å². The number of halogens is 3. The van der Waals surface area contributed by atoms with Crippen molar-refractivity contribution in [3.05, 3.63) is 105 Å². The van der Waals surface area contributed by atoms with Gasteiger partial charge in [-0.15, -0.1) is 5.10 Å². The summed E-state index contributed by atoms with van der Waals surface area (Å²) in [5, 5.41) is 28.1. The number of nitriles is 1. The number of rotatable bonds is 7. The molecule has 1 fully saturated rings. The maximum Gasteiger partial charge on any atom is 0.109 e. The number of benzene rings is 3. The molecule has 8 nitrogen and oxygen atoms in total. The van der Waals surface area contributed by atoms with Crippen molar-refractivity contribution in [2.75, 3.05) is 23.7 Å². The summed E-state index contributed by atoms with van der Waals surface area (Å²) in [6.45, 7) is 8.82. The summed E-state index contributed by atoms with van der Waals surface area (Å²) in [4.78, 5) is 7.21. The number of likely N-dealkylation sites (tertiary alicyclic amines) is 1. The second kappa shape index (κ2) is 12.9. The molecule has 6 rings (SSSR count). The highest BCUT2D eigenvalue weighted by Gasteiger charge is 2.29. The van der Waals surface area contributed by atoms with Gasteiger partial charge in [0.25, 0.3) is 0 Å². The summed E-state index contributed by atoms with van der Waals surface area (Å²) in [6, 6.07) is 21.2. The molecule has 0 spiro atoms. The van der Waals surface area contributed by atoms with E-state index in [-0.39, 0.29) is 17.6 Å². The highest BCUT2D eigenvalue weighted by atomic mass is 35.5. The molecule has 1 saturated heterocycles. The van der Waals surface area contributed by atoms with Crippen LogP contribution < -0.4 is 10.6 Å². The molecule has 0 unspecified atom stereocenters. The molecular formula is C34H33Cl3N8. The van der Waals surface area contributed by atoms with Gasteiger partial charge in [-0.3, -0.25) is 9.88 Å². The van der Waals surface area contributed by atoms with Gasteiger partial charge >= 0.3 is 0 Å². The van der Waals surface area contributed by atoms with Gasteiger partial charge in [-0.2, -0.15) is 5.26 Å². The summed E-state index contributed by atoms with van der Waals surface area (Å²) < 4.78 is 2.01. The van der Waals surface area contributed by atoms with Crippen LogP contribution in [0, 0.1) is 11.3 Å². The maximum atomic E-state index is 9.97. The number of hydrogen-bond donors (Lipinski definition) is 2. The standard InChI is InChI=1S/C34H33Cl3N8/c1-34(2,3)44-14-12-24(13-15-44)45-20-29(42-43-45)32(21-8-5-4-6-9-21)41-28-17-23(35)16-25-31(22(18-38)19-39-33(25)28)40-27-11-7-10-26(36)30(27)37/h4-11,16-17,19-20,24,32,41H,12-15H2,1-3H3,(H,39,40)/t32-/m0/s1. The van der Waals surface area contributed by atoms with Crippen LogP contribution in [0.5, 0.6) is 0 Å². The summed E-state index contributed by atoms with van der Waals surface area (Å²) in [5.41, 5.74) is 4.69. The molecule has 0 amide bonds. The SMILES string of the molecule is CC(C)(C)N1CCC(n2cc([C@@H](Nc3cc(Cl)cc4c(Nc5cccc(Cl)c5Cl)c(C#N)cnc34)c3ccccc3)nn2)CC1. The van der Waals surface area contributed by atoms with Gasteiger partial charge < -0.3 is 10.6 Å². The minimum atomic E-state index is -0.340. The van der Waals surface area contributed by atoms with E-state index in [0.717, 1.165) is 37.2 Å². The summed E-state index contributed by atoms with van der Waals surface area (Å²) in [7, 11) is 0. The molecule has 2 N–H and O–H groups in total. The number of anilines is 3. The van der Waals surface area contributed by atoms with Crippen molar-refractivity contribution in [1.29, 1.82) is 5.26 Å². The molecule has 0 aliphatic carbocycles. The quantitative estimate of drug-likeness (QED) is 0.180. The fourth-order valence-electron chi connectivity index (χ4n) is 5.86. The molecule has 11 heteroatoms. The lowest BCUT2D eigenvalue weighted by molar-refractivity contribution is 0.0866. The maximum absolute atomic E-state index is 9.97. The largest absolute Gasteiger partial charge is 0.371 e. The molecule has 0 saturated carbocycles. The average Bonchev–Trinajstić information content (AvgIpc) is 3.52. The molecular weight excluding hydrogens is 627 g/mol. The van der Waals surface area contributed by atoms with Gasteiger partial charge in [0.2, 0.25) is 0 Å². The first kappa shape index (κ1) is 31.1. The Labute approximate surface area is 277 Å². The van der Waals surface area contributed by atoms with Crippen molar-refractivity contribution >= 4 is 62.8 Å². The lowest BCUT2D eigenvalue weighted by atomic mass is 9.98. The molecule has 0 bridgehead atoms. The molecule has 230 valence electrons. The van der Waals surface area contributed by atoms with E-state index in [2.05, 4.69) is 64.8 Å². The minimum absolute atomic E-state index is 0.151. The summed E-state index contributed by atoms with van der Waals surface area (Å²) in [6.07, 6.45) is 5.62. The normalized spacial score (nSPS) is 15.1. The molecule has 0 radical (unpaired) electrons. The number of hydrogen-bond acceptors (Lipinski definition) is 7. The predicted molar refractivity (Wildman–Crippen MR) is 183 cm³/mol. The Bertz CT molecular complexity index is 1870. The molecule has 1 aliphatic rings. The first-order chi connectivity index (χ1) is 21.6. The Balaban J connectivity index is 1.37. The third-order valence-corrected chi connectivity index (χ3v) is 9.35. The van der Waals surface area contributed by atoms with Gasteiger partial charge in [-0.25, -0.2) is 4.68 Å². The lowest BCUT2D eigenvalue weighted by Gasteiger charge is -2.40. The van der Waals surface area contributed by atoms with Crippen LogP contribution in [-0.2, 0) is 0 Å². The molecule has 1 atom stereocenters. The lowest BCUT2D eigenvalue weighted by Crippen LogP contribution is -2.46. The summed E-state index contributed by atoms with van der Waals surface area (Å²) in [5.74, 6) is 0. The Hall–Kier alpha value is -3.87. The van der Waals surface area contributed by atoms with E-state index in [4.69, 9.17) is 39.8 Å². The van der Waals surface area contributed by atoms with Crippen LogP contribution in [-0.4, -0.2) is 43.5 Å². The molecule has 45 heavy (non-hydrogen) atoms. The van der Waals surface area contributed by atoms with Crippen molar-refractivity contribution in [3.8, 4) is 6.07 Å². The number of pyridine rings is 1. The number of nitrogens with one attached hydrogen (secondary N) is 2. The van der Waals surface area contributed by atoms with Gasteiger partial charge in [-0.05, 0) is 63.4 Å². The van der Waals surface area contributed by atoms with E-state index in [1.54, 1.807) is 30.5 Å². The van der Waals surface area contributed by atoms with Gasteiger partial charge in [0.15, 0.2) is 0 Å². The van der Waals surface area contributed by atoms with Crippen LogP contribution >= 0.6 is 34.8 Å². The van der Waals surface area contributed by atoms with Gasteiger partial charge in [0.1, 0.15) is 11.8 Å². The zero-order valence-electron chi connectivity index (χ0n) is 25.2. The van der Waals surface area contributed by atoms with Gasteiger partial charge in [0, 0.05) is 35.2 Å². The first-order valence-corrected chi connectivity index (χ1v) is 16.0. The fraction of sp³-hybridized carbons (Fsp3) is 0.294. The van der Waals surface area contributed by atoms with Crippen molar-refractivity contribution in [1.82, 2.24) is 24.9 Å². The number of nitrogens with zero attached hydrogens (tertiary/aromatic N) is 6. The van der Waals surface area contributed by atoms with E-state index < -0.39 is 0 Å². The summed E-state index contributed by atoms with van der Waals surface area (Å²) >= 11 is 19.5. The zero-order chi connectivity index (χ0) is 31.7. The number of fused-ring (bicyclic) bond motifs is 1. The van der Waals surface area contributed by atoms with Crippen molar-refractivity contribution < 1.29 is 0 Å². The van der Waals surface area contributed by atoms with Crippen LogP contribution in [0.4, 0.5) is 17.1 Å². The topological polar surface area (TPSA) is 94.7 Å². The second-order valence-electron chi connectivity index (χ2n) is 12.2. The highest BCUT2D eigenvalue weighted by molar-refractivity contribution is 6.43. The highest BCUT2D eigenvalue weighted by Crippen LogP contribution is 2.39. The van der Waals surface area contributed by atoms with Crippen LogP contribution in [0.25, 0.3) is 10.9 Å². The first-order valence-electron chi connectivity index (χ1n) is 14.8. The van der Waals surface area contributed by atoms with Gasteiger partial charge in [-0.1, -0.05) is 76.4 Å². The van der Waals surface area contributed by atoms with E-state index in [0.29, 0.717) is 48.6 Å². The van der Waals surface area contributed by atoms with Crippen LogP contribution in [0.2, 0.25) is 15.1 Å². The Morgan fingerprint density at radius 1 is 0.978 bits per heavy atom. The average molecular weight is 660 g/mol. The smallest absolute Gasteiger partial charge is 0.109 e. The van der Waals surface area contributed by atoms with E-state index in [1.165, 1.54) is 0 Å². The Kier molecular flexibility index (Phi) is 8.89. The monoisotopic (exact) mass is 658 g/mol. The number of piperidine rings is 1. The Morgan fingerprint density at radius 2 is 1.73 bits per heavy atom. The predicted octanol–water partition coefficient (Wildman–Crippen LogP) is 9.04.